The molecule has 20 heavy (non-hydrogen) atoms. The number of aryl methyl sites for hydroxylation is 1. The van der Waals surface area contributed by atoms with Gasteiger partial charge in [0.1, 0.15) is 0 Å². The van der Waals surface area contributed by atoms with E-state index < -0.39 is 5.97 Å². The van der Waals surface area contributed by atoms with E-state index in [2.05, 4.69) is 15.0 Å². The van der Waals surface area contributed by atoms with Crippen LogP contribution >= 0.6 is 11.3 Å². The Morgan fingerprint density at radius 2 is 2.15 bits per heavy atom. The van der Waals surface area contributed by atoms with Gasteiger partial charge in [0, 0.05) is 24.8 Å². The van der Waals surface area contributed by atoms with Gasteiger partial charge in [0.15, 0.2) is 0 Å². The number of carboxylic acid groups (broad SMARTS) is 1. The fourth-order valence-electron chi connectivity index (χ4n) is 2.39. The van der Waals surface area contributed by atoms with Gasteiger partial charge in [-0.2, -0.15) is 4.98 Å². The molecule has 0 aliphatic carbocycles. The molecule has 1 N–H and O–H groups in total. The van der Waals surface area contributed by atoms with E-state index in [1.807, 2.05) is 6.92 Å². The smallest absolute Gasteiger partial charge is 0.306 e. The van der Waals surface area contributed by atoms with Crippen LogP contribution in [0.1, 0.15) is 18.5 Å². The lowest BCUT2D eigenvalue weighted by Crippen LogP contribution is -2.36. The summed E-state index contributed by atoms with van der Waals surface area (Å²) >= 11 is 1.36. The summed E-state index contributed by atoms with van der Waals surface area (Å²) in [6.07, 6.45) is 1.24. The SMILES string of the molecule is Cc1cc(=O)nc2sc(N3CCC(C(=O)O)CC3)nn12. The molecule has 0 atom stereocenters. The first-order chi connectivity index (χ1) is 9.54. The molecule has 3 heterocycles. The molecule has 7 nitrogen and oxygen atoms in total. The van der Waals surface area contributed by atoms with Gasteiger partial charge in [0.25, 0.3) is 5.56 Å². The third-order valence-corrected chi connectivity index (χ3v) is 4.51. The number of fused-ring (bicyclic) bond motifs is 1. The first-order valence-corrected chi connectivity index (χ1v) is 7.21. The number of aromatic nitrogens is 3. The number of hydrogen-bond donors (Lipinski definition) is 1. The second-order valence-electron chi connectivity index (χ2n) is 4.91. The Balaban J connectivity index is 1.87. The summed E-state index contributed by atoms with van der Waals surface area (Å²) in [5.41, 5.74) is 0.491. The monoisotopic (exact) mass is 294 g/mol. The maximum Gasteiger partial charge on any atom is 0.306 e. The molecule has 0 radical (unpaired) electrons. The highest BCUT2D eigenvalue weighted by atomic mass is 32.1. The van der Waals surface area contributed by atoms with Crippen LogP contribution in [0.15, 0.2) is 10.9 Å². The van der Waals surface area contributed by atoms with Crippen LogP contribution in [0.5, 0.6) is 0 Å². The summed E-state index contributed by atoms with van der Waals surface area (Å²) < 4.78 is 1.66. The predicted octanol–water partition coefficient (Wildman–Crippen LogP) is 0.760. The van der Waals surface area contributed by atoms with Gasteiger partial charge in [-0.1, -0.05) is 11.3 Å². The molecular formula is C12H14N4O3S. The van der Waals surface area contributed by atoms with Crippen molar-refractivity contribution in [2.75, 3.05) is 18.0 Å². The maximum absolute atomic E-state index is 11.4. The van der Waals surface area contributed by atoms with Crippen molar-refractivity contribution in [3.05, 3.63) is 22.1 Å². The lowest BCUT2D eigenvalue weighted by atomic mass is 9.98. The Morgan fingerprint density at radius 1 is 1.45 bits per heavy atom. The van der Waals surface area contributed by atoms with Crippen molar-refractivity contribution >= 4 is 27.4 Å². The Kier molecular flexibility index (Phi) is 3.17. The quantitative estimate of drug-likeness (QED) is 0.880. The molecule has 0 amide bonds. The molecule has 3 rings (SSSR count). The van der Waals surface area contributed by atoms with E-state index in [4.69, 9.17) is 5.11 Å². The van der Waals surface area contributed by atoms with E-state index in [9.17, 15) is 9.59 Å². The lowest BCUT2D eigenvalue weighted by Gasteiger charge is -2.29. The summed E-state index contributed by atoms with van der Waals surface area (Å²) in [6, 6.07) is 1.45. The van der Waals surface area contributed by atoms with Crippen molar-refractivity contribution < 1.29 is 9.90 Å². The first-order valence-electron chi connectivity index (χ1n) is 6.40. The number of carbonyl (C=O) groups is 1. The molecule has 0 unspecified atom stereocenters. The molecule has 1 saturated heterocycles. The van der Waals surface area contributed by atoms with E-state index in [1.54, 1.807) is 4.52 Å². The number of hydrogen-bond acceptors (Lipinski definition) is 6. The zero-order chi connectivity index (χ0) is 14.3. The van der Waals surface area contributed by atoms with Crippen molar-refractivity contribution in [2.24, 2.45) is 5.92 Å². The normalized spacial score (nSPS) is 16.8. The highest BCUT2D eigenvalue weighted by molar-refractivity contribution is 7.20. The summed E-state index contributed by atoms with van der Waals surface area (Å²) in [7, 11) is 0. The molecule has 1 aliphatic heterocycles. The third kappa shape index (κ3) is 2.26. The van der Waals surface area contributed by atoms with E-state index in [-0.39, 0.29) is 11.5 Å². The van der Waals surface area contributed by atoms with Crippen LogP contribution in [0.25, 0.3) is 4.96 Å². The number of rotatable bonds is 2. The average molecular weight is 294 g/mol. The van der Waals surface area contributed by atoms with Crippen molar-refractivity contribution in [3.8, 4) is 0 Å². The molecular weight excluding hydrogens is 280 g/mol. The molecule has 1 aliphatic rings. The average Bonchev–Trinajstić information content (AvgIpc) is 2.83. The molecule has 106 valence electrons. The van der Waals surface area contributed by atoms with Gasteiger partial charge in [0.2, 0.25) is 10.1 Å². The van der Waals surface area contributed by atoms with Crippen LogP contribution in [0.2, 0.25) is 0 Å². The molecule has 2 aromatic rings. The van der Waals surface area contributed by atoms with Crippen molar-refractivity contribution in [2.45, 2.75) is 19.8 Å². The Labute approximate surface area is 118 Å². The maximum atomic E-state index is 11.4. The van der Waals surface area contributed by atoms with Gasteiger partial charge in [-0.25, -0.2) is 4.52 Å². The fraction of sp³-hybridized carbons (Fsp3) is 0.500. The summed E-state index contributed by atoms with van der Waals surface area (Å²) in [6.45, 7) is 3.15. The molecule has 1 fully saturated rings. The highest BCUT2D eigenvalue weighted by Crippen LogP contribution is 2.27. The fourth-order valence-corrected chi connectivity index (χ4v) is 3.39. The predicted molar refractivity (Wildman–Crippen MR) is 74.4 cm³/mol. The van der Waals surface area contributed by atoms with Crippen molar-refractivity contribution in [3.63, 3.8) is 0 Å². The van der Waals surface area contributed by atoms with E-state index >= 15 is 0 Å². The number of anilines is 1. The molecule has 0 saturated carbocycles. The number of piperidine rings is 1. The zero-order valence-electron chi connectivity index (χ0n) is 10.9. The van der Waals surface area contributed by atoms with E-state index in [0.29, 0.717) is 30.9 Å². The van der Waals surface area contributed by atoms with Gasteiger partial charge < -0.3 is 10.0 Å². The summed E-state index contributed by atoms with van der Waals surface area (Å²) in [4.78, 5) is 28.9. The molecule has 8 heteroatoms. The molecule has 0 aromatic carbocycles. The molecule has 0 bridgehead atoms. The second-order valence-corrected chi connectivity index (χ2v) is 5.85. The third-order valence-electron chi connectivity index (χ3n) is 3.54. The van der Waals surface area contributed by atoms with Crippen LogP contribution in [0, 0.1) is 12.8 Å². The van der Waals surface area contributed by atoms with E-state index in [1.165, 1.54) is 17.4 Å². The van der Waals surface area contributed by atoms with Crippen LogP contribution in [0.3, 0.4) is 0 Å². The van der Waals surface area contributed by atoms with Crippen LogP contribution in [-0.4, -0.2) is 38.8 Å². The highest BCUT2D eigenvalue weighted by Gasteiger charge is 2.26. The van der Waals surface area contributed by atoms with Gasteiger partial charge in [-0.05, 0) is 19.8 Å². The minimum Gasteiger partial charge on any atom is -0.481 e. The number of aliphatic carboxylic acids is 1. The van der Waals surface area contributed by atoms with E-state index in [0.717, 1.165) is 10.8 Å². The largest absolute Gasteiger partial charge is 0.481 e. The van der Waals surface area contributed by atoms with Gasteiger partial charge in [0.05, 0.1) is 5.92 Å². The van der Waals surface area contributed by atoms with Crippen molar-refractivity contribution in [1.82, 2.24) is 14.6 Å². The summed E-state index contributed by atoms with van der Waals surface area (Å²) in [5, 5.41) is 14.2. The Morgan fingerprint density at radius 3 is 2.80 bits per heavy atom. The minimum absolute atomic E-state index is 0.262. The standard InChI is InChI=1S/C12H14N4O3S/c1-7-6-9(17)13-11-16(7)14-12(20-11)15-4-2-8(3-5-15)10(18)19/h6,8H,2-5H2,1H3,(H,18,19). The van der Waals surface area contributed by atoms with Gasteiger partial charge in [-0.15, -0.1) is 5.10 Å². The first kappa shape index (κ1) is 13.0. The zero-order valence-corrected chi connectivity index (χ0v) is 11.8. The van der Waals surface area contributed by atoms with Crippen LogP contribution < -0.4 is 10.5 Å². The van der Waals surface area contributed by atoms with Crippen molar-refractivity contribution in [1.29, 1.82) is 0 Å². The van der Waals surface area contributed by atoms with Gasteiger partial charge >= 0.3 is 5.97 Å². The number of carboxylic acids is 1. The minimum atomic E-state index is -0.725. The number of nitrogens with zero attached hydrogens (tertiary/aromatic N) is 4. The topological polar surface area (TPSA) is 87.8 Å². The molecule has 0 spiro atoms. The second kappa shape index (κ2) is 4.86. The molecule has 2 aromatic heterocycles. The van der Waals surface area contributed by atoms with Gasteiger partial charge in [-0.3, -0.25) is 9.59 Å². The Hall–Kier alpha value is -1.96. The van der Waals surface area contributed by atoms with Crippen LogP contribution in [-0.2, 0) is 4.79 Å². The Bertz CT molecular complexity index is 715. The lowest BCUT2D eigenvalue weighted by molar-refractivity contribution is -0.142. The van der Waals surface area contributed by atoms with Crippen LogP contribution in [0.4, 0.5) is 5.13 Å². The summed E-state index contributed by atoms with van der Waals surface area (Å²) in [5.74, 6) is -0.988.